The minimum Gasteiger partial charge on any atom is -0.504 e. The smallest absolute Gasteiger partial charge is 0.350 e. The number of aromatic amines is 1. The predicted octanol–water partition coefficient (Wildman–Crippen LogP) is -0.111. The van der Waals surface area contributed by atoms with Gasteiger partial charge in [-0.15, -0.1) is 16.9 Å². The third-order valence-corrected chi connectivity index (χ3v) is 9.19. The monoisotopic (exact) mass is 668 g/mol. The molecule has 2 atom stereocenters. The fourth-order valence-corrected chi connectivity index (χ4v) is 6.58. The summed E-state index contributed by atoms with van der Waals surface area (Å²) < 4.78 is 5.93. The van der Waals surface area contributed by atoms with Crippen molar-refractivity contribution in [2.45, 2.75) is 44.3 Å². The number of aliphatic carboxylic acids is 1. The summed E-state index contributed by atoms with van der Waals surface area (Å²) >= 11 is 2.21. The molecule has 0 bridgehead atoms. The normalized spacial score (nSPS) is 18.4. The lowest BCUT2D eigenvalue weighted by molar-refractivity contribution is -0.693. The topological polar surface area (TPSA) is 259 Å². The maximum absolute atomic E-state index is 13.6. The number of amides is 2. The number of carboxylic acids is 1. The summed E-state index contributed by atoms with van der Waals surface area (Å²) in [7, 11) is 0. The Labute approximate surface area is 267 Å². The van der Waals surface area contributed by atoms with Crippen LogP contribution >= 0.6 is 23.3 Å². The highest BCUT2D eigenvalue weighted by molar-refractivity contribution is 8.00. The second kappa shape index (κ2) is 11.5. The van der Waals surface area contributed by atoms with Gasteiger partial charge in [0.1, 0.15) is 11.4 Å². The molecule has 18 nitrogen and oxygen atoms in total. The molecule has 6 rings (SSSR count). The van der Waals surface area contributed by atoms with Crippen LogP contribution in [0.25, 0.3) is 16.5 Å². The van der Waals surface area contributed by atoms with Crippen LogP contribution in [0.5, 0.6) is 11.5 Å². The highest BCUT2D eigenvalue weighted by Crippen LogP contribution is 2.43. The number of carbonyl (C=O) groups excluding carboxylic acids is 2. The van der Waals surface area contributed by atoms with Gasteiger partial charge in [0, 0.05) is 41.2 Å². The zero-order chi connectivity index (χ0) is 32.9. The van der Waals surface area contributed by atoms with Gasteiger partial charge in [-0.1, -0.05) is 5.16 Å². The SMILES string of the molecule is Cc1cc2cc(O)c(O)cc2c[n+]1CC1=C(c2nnn[nH]2)N2C(=O)[C@@H](NC(=O)/C(=N\OC(C)(C)C(=O)O)c3nsc(N)n3)[C@H]2SC1. The van der Waals surface area contributed by atoms with Crippen LogP contribution in [0.15, 0.2) is 35.1 Å². The maximum Gasteiger partial charge on any atom is 0.350 e. The molecule has 20 heteroatoms. The van der Waals surface area contributed by atoms with E-state index in [0.717, 1.165) is 28.2 Å². The summed E-state index contributed by atoms with van der Waals surface area (Å²) in [5.74, 6) is -2.61. The molecule has 2 aliphatic heterocycles. The number of H-pyrrole nitrogens is 1. The van der Waals surface area contributed by atoms with E-state index in [1.165, 1.54) is 42.6 Å². The van der Waals surface area contributed by atoms with Crippen LogP contribution in [-0.2, 0) is 25.8 Å². The maximum atomic E-state index is 13.6. The number of nitrogen functional groups attached to an aromatic ring is 1. The van der Waals surface area contributed by atoms with Crippen LogP contribution in [0.4, 0.5) is 5.13 Å². The number of fused-ring (bicyclic) bond motifs is 2. The molecular weight excluding hydrogens is 642 g/mol. The second-order valence-corrected chi connectivity index (χ2v) is 12.8. The van der Waals surface area contributed by atoms with Gasteiger partial charge < -0.3 is 31.2 Å². The zero-order valence-corrected chi connectivity index (χ0v) is 26.0. The molecular formula is C26H26N11O7S2+. The van der Waals surface area contributed by atoms with E-state index in [1.54, 1.807) is 0 Å². The van der Waals surface area contributed by atoms with Crippen LogP contribution in [-0.4, -0.2) is 96.5 Å². The van der Waals surface area contributed by atoms with Gasteiger partial charge in [0.05, 0.1) is 5.70 Å². The third kappa shape index (κ3) is 5.51. The fraction of sp³-hybridized carbons (Fsp3) is 0.308. The van der Waals surface area contributed by atoms with Crippen LogP contribution in [0.1, 0.15) is 31.2 Å². The van der Waals surface area contributed by atoms with Gasteiger partial charge in [-0.3, -0.25) is 14.5 Å². The Morgan fingerprint density at radius 3 is 2.65 bits per heavy atom. The minimum absolute atomic E-state index is 0.0409. The number of phenols is 2. The first kappa shape index (κ1) is 30.6. The predicted molar refractivity (Wildman–Crippen MR) is 162 cm³/mol. The van der Waals surface area contributed by atoms with E-state index in [1.807, 2.05) is 23.8 Å². The molecule has 1 fully saturated rings. The van der Waals surface area contributed by atoms with Crippen molar-refractivity contribution in [1.82, 2.24) is 40.2 Å². The quantitative estimate of drug-likeness (QED) is 0.0447. The number of nitrogens with zero attached hydrogens (tertiary/aromatic N) is 8. The molecule has 0 spiro atoms. The van der Waals surface area contributed by atoms with Gasteiger partial charge in [-0.2, -0.15) is 13.9 Å². The number of thioether (sulfide) groups is 1. The first-order chi connectivity index (χ1) is 21.8. The Kier molecular flexibility index (Phi) is 7.68. The van der Waals surface area contributed by atoms with Crippen molar-refractivity contribution >= 4 is 68.4 Å². The van der Waals surface area contributed by atoms with Gasteiger partial charge in [0.15, 0.2) is 40.9 Å². The molecule has 7 N–H and O–H groups in total. The Balaban J connectivity index is 1.28. The number of oxime groups is 1. The standard InChI is InChI=1S/C26H25N11O7S2/c1-10-4-11-5-14(38)15(39)6-12(11)7-36(10)8-13-9-45-23-17(22(41)37(23)18(13)20-30-34-35-31-20)28-21(40)16(19-29-25(27)46-33-19)32-44-26(2,3)24(42)43/h4-7,17,23H,8-9H2,1-3H3,(H6,27,28,29,30,31,33,34,35,39,40,42,43)/p+1/b32-16-/t17-,23-/m1/s1. The Morgan fingerprint density at radius 1 is 1.26 bits per heavy atom. The number of pyridine rings is 1. The van der Waals surface area contributed by atoms with E-state index >= 15 is 0 Å². The van der Waals surface area contributed by atoms with Crippen LogP contribution < -0.4 is 15.6 Å². The number of β-lactam (4-membered cyclic amide) rings is 1. The van der Waals surface area contributed by atoms with Crippen molar-refractivity contribution in [3.8, 4) is 11.5 Å². The zero-order valence-electron chi connectivity index (χ0n) is 24.3. The third-order valence-electron chi connectivity index (χ3n) is 7.31. The van der Waals surface area contributed by atoms with Gasteiger partial charge in [0.25, 0.3) is 11.8 Å². The van der Waals surface area contributed by atoms with Crippen molar-refractivity contribution in [2.75, 3.05) is 11.5 Å². The second-order valence-electron chi connectivity index (χ2n) is 10.9. The Hall–Kier alpha value is -5.37. The number of benzene rings is 1. The molecule has 46 heavy (non-hydrogen) atoms. The van der Waals surface area contributed by atoms with Crippen molar-refractivity contribution in [3.05, 3.63) is 47.3 Å². The molecule has 5 heterocycles. The molecule has 0 radical (unpaired) electrons. The summed E-state index contributed by atoms with van der Waals surface area (Å²) in [5, 5.41) is 50.8. The number of nitrogens with two attached hydrogens (primary N) is 1. The fourth-order valence-electron chi connectivity index (χ4n) is 4.81. The van der Waals surface area contributed by atoms with Crippen molar-refractivity contribution in [1.29, 1.82) is 0 Å². The molecule has 238 valence electrons. The number of carbonyl (C=O) groups is 3. The number of tetrazole rings is 1. The summed E-state index contributed by atoms with van der Waals surface area (Å²) in [6.45, 7) is 4.73. The van der Waals surface area contributed by atoms with Gasteiger partial charge in [-0.25, -0.2) is 9.89 Å². The molecule has 2 aliphatic rings. The molecule has 1 aromatic carbocycles. The van der Waals surface area contributed by atoms with Crippen LogP contribution in [0, 0.1) is 6.92 Å². The lowest BCUT2D eigenvalue weighted by atomic mass is 10.0. The number of carboxylic acid groups (broad SMARTS) is 1. The van der Waals surface area contributed by atoms with E-state index in [2.05, 4.69) is 40.5 Å². The van der Waals surface area contributed by atoms with Gasteiger partial charge in [-0.05, 0) is 41.8 Å². The Bertz CT molecular complexity index is 1960. The first-order valence-corrected chi connectivity index (χ1v) is 15.3. The number of hydrogen-bond acceptors (Lipinski definition) is 15. The number of anilines is 1. The largest absolute Gasteiger partial charge is 0.504 e. The van der Waals surface area contributed by atoms with E-state index in [-0.39, 0.29) is 28.3 Å². The molecule has 1 saturated heterocycles. The number of aromatic hydroxyl groups is 2. The summed E-state index contributed by atoms with van der Waals surface area (Å²) in [6.07, 6.45) is 1.83. The molecule has 4 aromatic rings. The van der Waals surface area contributed by atoms with Crippen molar-refractivity contribution in [3.63, 3.8) is 0 Å². The lowest BCUT2D eigenvalue weighted by Gasteiger charge is -2.49. The van der Waals surface area contributed by atoms with Gasteiger partial charge >= 0.3 is 5.97 Å². The molecule has 0 aliphatic carbocycles. The summed E-state index contributed by atoms with van der Waals surface area (Å²) in [5.41, 5.74) is 5.57. The van der Waals surface area contributed by atoms with Crippen LogP contribution in [0.2, 0.25) is 0 Å². The Morgan fingerprint density at radius 2 is 2.00 bits per heavy atom. The minimum atomic E-state index is -1.78. The summed E-state index contributed by atoms with van der Waals surface area (Å²) in [4.78, 5) is 49.2. The van der Waals surface area contributed by atoms with E-state index in [9.17, 15) is 29.7 Å². The molecule has 0 unspecified atom stereocenters. The van der Waals surface area contributed by atoms with E-state index < -0.39 is 40.5 Å². The average molecular weight is 669 g/mol. The number of phenolic OH excluding ortho intramolecular Hbond substituents is 2. The van der Waals surface area contributed by atoms with Gasteiger partial charge in [0.2, 0.25) is 17.1 Å². The van der Waals surface area contributed by atoms with Crippen molar-refractivity contribution in [2.24, 2.45) is 5.16 Å². The number of aryl methyl sites for hydroxylation is 1. The highest BCUT2D eigenvalue weighted by Gasteiger charge is 2.54. The molecule has 0 saturated carbocycles. The highest BCUT2D eigenvalue weighted by atomic mass is 32.2. The molecule has 3 aromatic heterocycles. The van der Waals surface area contributed by atoms with Crippen molar-refractivity contribution < 1.29 is 39.1 Å². The summed E-state index contributed by atoms with van der Waals surface area (Å²) in [6, 6.07) is 3.82. The number of nitrogens with one attached hydrogen (secondary N) is 2. The number of aromatic nitrogens is 7. The lowest BCUT2D eigenvalue weighted by Crippen LogP contribution is -2.70. The molecule has 2 amide bonds. The first-order valence-electron chi connectivity index (χ1n) is 13.5. The van der Waals surface area contributed by atoms with E-state index in [4.69, 9.17) is 10.6 Å². The number of hydrogen-bond donors (Lipinski definition) is 6. The average Bonchev–Trinajstić information content (AvgIpc) is 3.69. The number of rotatable bonds is 9. The van der Waals surface area contributed by atoms with Crippen LogP contribution in [0.3, 0.4) is 0 Å². The van der Waals surface area contributed by atoms with E-state index in [0.29, 0.717) is 23.4 Å².